The van der Waals surface area contributed by atoms with Crippen molar-refractivity contribution in [1.29, 1.82) is 0 Å². The Bertz CT molecular complexity index is 1930. The zero-order valence-electron chi connectivity index (χ0n) is 26.6. The van der Waals surface area contributed by atoms with Gasteiger partial charge in [0.1, 0.15) is 3.70 Å². The second-order valence-electron chi connectivity index (χ2n) is 12.6. The summed E-state index contributed by atoms with van der Waals surface area (Å²) in [4.78, 5) is 21.5. The summed E-state index contributed by atoms with van der Waals surface area (Å²) >= 11 is 14.5. The molecule has 0 amide bonds. The van der Waals surface area contributed by atoms with Gasteiger partial charge in [0.2, 0.25) is 0 Å². The van der Waals surface area contributed by atoms with Crippen molar-refractivity contribution in [3.05, 3.63) is 67.9 Å². The van der Waals surface area contributed by atoms with Gasteiger partial charge >= 0.3 is 0 Å². The molecule has 14 heteroatoms. The summed E-state index contributed by atoms with van der Waals surface area (Å²) in [7, 11) is 0. The van der Waals surface area contributed by atoms with Gasteiger partial charge in [0.15, 0.2) is 27.4 Å². The fourth-order valence-corrected chi connectivity index (χ4v) is 7.04. The molecule has 0 spiro atoms. The molecule has 252 valence electrons. The average molecular weight is 804 g/mol. The van der Waals surface area contributed by atoms with E-state index in [9.17, 15) is 4.79 Å². The summed E-state index contributed by atoms with van der Waals surface area (Å²) in [5, 5.41) is 16.3. The highest BCUT2D eigenvalue weighted by molar-refractivity contribution is 14.1. The van der Waals surface area contributed by atoms with Crippen LogP contribution in [0.2, 0.25) is 10.3 Å². The van der Waals surface area contributed by atoms with Crippen LogP contribution >= 0.6 is 45.8 Å². The van der Waals surface area contributed by atoms with Crippen molar-refractivity contribution in [1.82, 2.24) is 29.2 Å². The summed E-state index contributed by atoms with van der Waals surface area (Å²) < 4.78 is 15.7. The van der Waals surface area contributed by atoms with Crippen LogP contribution in [-0.2, 0) is 9.47 Å². The third kappa shape index (κ3) is 7.72. The van der Waals surface area contributed by atoms with Crippen LogP contribution in [0.1, 0.15) is 60.9 Å². The maximum atomic E-state index is 12.5. The number of carbonyl (C=O) groups is 1. The number of nitrogens with one attached hydrogen (secondary N) is 2. The predicted octanol–water partition coefficient (Wildman–Crippen LogP) is 7.51. The van der Waals surface area contributed by atoms with Crippen LogP contribution in [0.15, 0.2) is 42.7 Å². The van der Waals surface area contributed by atoms with Gasteiger partial charge in [0, 0.05) is 56.0 Å². The molecule has 5 aromatic rings. The van der Waals surface area contributed by atoms with Gasteiger partial charge in [-0.3, -0.25) is 4.79 Å². The number of nitrogens with zero attached hydrogens (tertiary/aromatic N) is 6. The smallest absolute Gasteiger partial charge is 0.178 e. The lowest BCUT2D eigenvalue weighted by atomic mass is 9.98. The van der Waals surface area contributed by atoms with E-state index in [4.69, 9.17) is 32.7 Å². The normalized spacial score (nSPS) is 19.1. The second kappa shape index (κ2) is 14.8. The predicted molar refractivity (Wildman–Crippen MR) is 195 cm³/mol. The number of Topliss-reactive ketones (excluding diaryl/α,β-unsaturated/α-hetero) is 1. The Balaban J connectivity index is 0.000000172. The molecule has 4 aromatic heterocycles. The molecule has 1 saturated carbocycles. The first-order chi connectivity index (χ1) is 23.3. The van der Waals surface area contributed by atoms with Crippen molar-refractivity contribution in [2.45, 2.75) is 64.1 Å². The Morgan fingerprint density at radius 2 is 1.48 bits per heavy atom. The SMILES string of the molecule is Cc1cc(-c2cnc3c(NCC4CCCO4)cc(Cl)nn23)ccc1C(=O)CC1CC1.Clc1cc(NCC2CCCO2)c2ncc(I)n2n1. The van der Waals surface area contributed by atoms with Crippen LogP contribution in [0.25, 0.3) is 22.6 Å². The van der Waals surface area contributed by atoms with Crippen LogP contribution in [0, 0.1) is 16.5 Å². The van der Waals surface area contributed by atoms with Crippen LogP contribution in [-0.4, -0.2) is 73.5 Å². The Hall–Kier alpha value is -3.04. The van der Waals surface area contributed by atoms with Crippen LogP contribution in [0.4, 0.5) is 11.4 Å². The molecule has 3 aliphatic rings. The number of hydrogen-bond acceptors (Lipinski definition) is 9. The Morgan fingerprint density at radius 3 is 2.06 bits per heavy atom. The van der Waals surface area contributed by atoms with E-state index in [1.807, 2.05) is 25.1 Å². The Morgan fingerprint density at radius 1 is 0.875 bits per heavy atom. The van der Waals surface area contributed by atoms with Crippen LogP contribution in [0.3, 0.4) is 0 Å². The van der Waals surface area contributed by atoms with Gasteiger partial charge in [0.05, 0.1) is 41.7 Å². The highest BCUT2D eigenvalue weighted by Crippen LogP contribution is 2.34. The fourth-order valence-electron chi connectivity index (χ4n) is 6.20. The van der Waals surface area contributed by atoms with Crippen LogP contribution in [0.5, 0.6) is 0 Å². The van der Waals surface area contributed by atoms with Gasteiger partial charge in [-0.2, -0.15) is 10.2 Å². The Kier molecular flexibility index (Phi) is 10.3. The van der Waals surface area contributed by atoms with E-state index in [1.165, 1.54) is 12.8 Å². The average Bonchev–Trinajstić information content (AvgIpc) is 3.53. The van der Waals surface area contributed by atoms with Gasteiger partial charge in [0.25, 0.3) is 0 Å². The lowest BCUT2D eigenvalue weighted by Crippen LogP contribution is -2.19. The molecule has 2 saturated heterocycles. The van der Waals surface area contributed by atoms with Gasteiger partial charge in [-0.15, -0.1) is 0 Å². The van der Waals surface area contributed by atoms with Crippen molar-refractivity contribution in [2.75, 3.05) is 36.9 Å². The molecule has 6 heterocycles. The first kappa shape index (κ1) is 33.5. The molecular formula is C34H37Cl2IN8O3. The third-order valence-corrected chi connectivity index (χ3v) is 10.0. The molecule has 8 rings (SSSR count). The van der Waals surface area contributed by atoms with Gasteiger partial charge in [-0.1, -0.05) is 35.3 Å². The van der Waals surface area contributed by atoms with Crippen molar-refractivity contribution in [3.8, 4) is 11.3 Å². The fraction of sp³-hybridized carbons (Fsp3) is 0.441. The highest BCUT2D eigenvalue weighted by Gasteiger charge is 2.26. The molecule has 2 atom stereocenters. The van der Waals surface area contributed by atoms with Gasteiger partial charge in [-0.25, -0.2) is 19.0 Å². The minimum absolute atomic E-state index is 0.217. The Labute approximate surface area is 302 Å². The number of aryl methyl sites for hydroxylation is 1. The molecule has 3 fully saturated rings. The maximum absolute atomic E-state index is 12.5. The van der Waals surface area contributed by atoms with E-state index in [2.05, 4.69) is 53.4 Å². The van der Waals surface area contributed by atoms with E-state index >= 15 is 0 Å². The molecule has 48 heavy (non-hydrogen) atoms. The van der Waals surface area contributed by atoms with Crippen molar-refractivity contribution >= 4 is 74.2 Å². The number of hydrogen-bond donors (Lipinski definition) is 2. The third-order valence-electron chi connectivity index (χ3n) is 8.92. The summed E-state index contributed by atoms with van der Waals surface area (Å²) in [6.07, 6.45) is 11.5. The topological polar surface area (TPSA) is 120 Å². The lowest BCUT2D eigenvalue weighted by molar-refractivity contribution is 0.0975. The lowest BCUT2D eigenvalue weighted by Gasteiger charge is -2.13. The highest BCUT2D eigenvalue weighted by atomic mass is 127. The number of carbonyl (C=O) groups excluding carboxylic acids is 1. The number of aromatic nitrogens is 6. The number of ether oxygens (including phenoxy) is 2. The molecule has 0 radical (unpaired) electrons. The summed E-state index contributed by atoms with van der Waals surface area (Å²) in [5.41, 5.74) is 6.84. The standard InChI is InChI=1S/C23H25ClN4O2.C11H12ClIN4O/c1-14-9-16(6-7-18(14)21(29)10-15-4-5-15)20-13-26-23-19(11-22(24)27-28(20)23)25-12-17-3-2-8-30-17;12-9-4-8(14-5-7-2-1-3-18-7)11-15-6-10(13)17(11)16-9/h6-7,9,11,13,15,17,25H,2-5,8,10,12H2,1H3;4,6-7,14H,1-3,5H2. The van der Waals surface area contributed by atoms with E-state index in [0.717, 1.165) is 101 Å². The van der Waals surface area contributed by atoms with Crippen molar-refractivity contribution < 1.29 is 14.3 Å². The van der Waals surface area contributed by atoms with Gasteiger partial charge < -0.3 is 20.1 Å². The number of rotatable bonds is 10. The minimum atomic E-state index is 0.217. The zero-order valence-corrected chi connectivity index (χ0v) is 30.3. The molecule has 11 nitrogen and oxygen atoms in total. The quantitative estimate of drug-likeness (QED) is 0.109. The largest absolute Gasteiger partial charge is 0.379 e. The second-order valence-corrected chi connectivity index (χ2v) is 14.5. The summed E-state index contributed by atoms with van der Waals surface area (Å²) in [5.74, 6) is 0.823. The number of imidazole rings is 2. The number of fused-ring (bicyclic) bond motifs is 2. The van der Waals surface area contributed by atoms with Crippen molar-refractivity contribution in [3.63, 3.8) is 0 Å². The summed E-state index contributed by atoms with van der Waals surface area (Å²) in [6.45, 7) is 5.17. The first-order valence-electron chi connectivity index (χ1n) is 16.4. The molecule has 2 unspecified atom stereocenters. The minimum Gasteiger partial charge on any atom is -0.379 e. The monoisotopic (exact) mass is 802 g/mol. The molecular weight excluding hydrogens is 766 g/mol. The molecule has 2 N–H and O–H groups in total. The van der Waals surface area contributed by atoms with E-state index < -0.39 is 0 Å². The van der Waals surface area contributed by atoms with E-state index in [-0.39, 0.29) is 18.0 Å². The number of ketones is 1. The number of anilines is 2. The van der Waals surface area contributed by atoms with Gasteiger partial charge in [-0.05, 0) is 85.6 Å². The molecule has 0 bridgehead atoms. The maximum Gasteiger partial charge on any atom is 0.178 e. The van der Waals surface area contributed by atoms with E-state index in [1.54, 1.807) is 33.6 Å². The number of benzene rings is 1. The van der Waals surface area contributed by atoms with E-state index in [0.29, 0.717) is 22.6 Å². The molecule has 2 aliphatic heterocycles. The molecule has 1 aromatic carbocycles. The van der Waals surface area contributed by atoms with Crippen molar-refractivity contribution in [2.24, 2.45) is 5.92 Å². The zero-order chi connectivity index (χ0) is 33.2. The summed E-state index contributed by atoms with van der Waals surface area (Å²) in [6, 6.07) is 9.53. The first-order valence-corrected chi connectivity index (χ1v) is 18.2. The number of halogens is 3. The molecule has 1 aliphatic carbocycles. The van der Waals surface area contributed by atoms with Crippen LogP contribution < -0.4 is 10.6 Å².